The Balaban J connectivity index is 2.18. The molecule has 0 spiro atoms. The van der Waals surface area contributed by atoms with Gasteiger partial charge in [0.15, 0.2) is 5.82 Å². The molecular weight excluding hydrogens is 291 g/mol. The smallest absolute Gasteiger partial charge is 0.311 e. The lowest BCUT2D eigenvalue weighted by atomic mass is 10.3. The molecule has 1 heterocycles. The minimum atomic E-state index is -2.63. The quantitative estimate of drug-likeness (QED) is 0.619. The number of nitrogens with one attached hydrogen (secondary N) is 1. The van der Waals surface area contributed by atoms with Gasteiger partial charge in [0, 0.05) is 19.4 Å². The first-order valence-electron chi connectivity index (χ1n) is 6.66. The summed E-state index contributed by atoms with van der Waals surface area (Å²) in [6.07, 6.45) is 0.319. The van der Waals surface area contributed by atoms with Crippen LogP contribution in [0.2, 0.25) is 0 Å². The van der Waals surface area contributed by atoms with E-state index in [-0.39, 0.29) is 5.82 Å². The number of rotatable bonds is 6. The first kappa shape index (κ1) is 15.5. The molecule has 1 atom stereocenters. The van der Waals surface area contributed by atoms with Gasteiger partial charge in [-0.3, -0.25) is 9.36 Å². The molecule has 0 amide bonds. The molecule has 114 valence electrons. The molecule has 3 N–H and O–H groups in total. The van der Waals surface area contributed by atoms with Crippen LogP contribution in [0, 0.1) is 0 Å². The Morgan fingerprint density at radius 2 is 2.14 bits per heavy atom. The molecule has 0 saturated heterocycles. The van der Waals surface area contributed by atoms with Crippen LogP contribution in [0.1, 0.15) is 6.92 Å². The summed E-state index contributed by atoms with van der Waals surface area (Å²) in [5, 5.41) is 2.88. The molecule has 21 heavy (non-hydrogen) atoms. The maximum Gasteiger partial charge on any atom is 0.311 e. The van der Waals surface area contributed by atoms with E-state index in [2.05, 4.69) is 10.3 Å². The van der Waals surface area contributed by atoms with E-state index in [1.165, 1.54) is 0 Å². The molecule has 1 unspecified atom stereocenters. The molecule has 0 saturated carbocycles. The Morgan fingerprint density at radius 1 is 1.43 bits per heavy atom. The molecule has 2 aromatic rings. The van der Waals surface area contributed by atoms with E-state index in [1.807, 2.05) is 6.07 Å². The van der Waals surface area contributed by atoms with Gasteiger partial charge >= 0.3 is 5.56 Å². The van der Waals surface area contributed by atoms with Crippen LogP contribution >= 0.6 is 7.37 Å². The summed E-state index contributed by atoms with van der Waals surface area (Å²) >= 11 is 0. The molecule has 0 aliphatic rings. The highest BCUT2D eigenvalue weighted by Crippen LogP contribution is 2.41. The zero-order valence-electron chi connectivity index (χ0n) is 12.1. The SMILES string of the molecule is CCOP(C)(=O)CCNc1nc2ccccc2n(N)c1=O. The summed E-state index contributed by atoms with van der Waals surface area (Å²) in [5.74, 6) is 5.91. The van der Waals surface area contributed by atoms with Crippen molar-refractivity contribution in [3.05, 3.63) is 34.6 Å². The number of benzene rings is 1. The van der Waals surface area contributed by atoms with Crippen LogP contribution < -0.4 is 16.7 Å². The molecule has 8 heteroatoms. The van der Waals surface area contributed by atoms with Crippen molar-refractivity contribution in [3.8, 4) is 0 Å². The molecule has 7 nitrogen and oxygen atoms in total. The van der Waals surface area contributed by atoms with Gasteiger partial charge in [0.1, 0.15) is 0 Å². The third-order valence-corrected chi connectivity index (χ3v) is 4.85. The second-order valence-electron chi connectivity index (χ2n) is 4.71. The monoisotopic (exact) mass is 310 g/mol. The lowest BCUT2D eigenvalue weighted by Crippen LogP contribution is -2.31. The lowest BCUT2D eigenvalue weighted by Gasteiger charge is -2.13. The number of hydrogen-bond acceptors (Lipinski definition) is 6. The van der Waals surface area contributed by atoms with Crippen molar-refractivity contribution < 1.29 is 9.09 Å². The predicted molar refractivity (Wildman–Crippen MR) is 84.7 cm³/mol. The maximum absolute atomic E-state index is 12.1. The van der Waals surface area contributed by atoms with E-state index in [0.29, 0.717) is 30.3 Å². The third-order valence-electron chi connectivity index (χ3n) is 3.01. The fourth-order valence-corrected chi connectivity index (χ4v) is 3.18. The largest absolute Gasteiger partial charge is 0.365 e. The van der Waals surface area contributed by atoms with Gasteiger partial charge in [-0.1, -0.05) is 12.1 Å². The van der Waals surface area contributed by atoms with Gasteiger partial charge in [-0.05, 0) is 19.1 Å². The first-order chi connectivity index (χ1) is 9.94. The van der Waals surface area contributed by atoms with E-state index in [4.69, 9.17) is 10.4 Å². The van der Waals surface area contributed by atoms with E-state index in [0.717, 1.165) is 4.68 Å². The standard InChI is InChI=1S/C13H19N4O3P/c1-3-20-21(2,19)9-8-15-12-13(18)17(14)11-7-5-4-6-10(11)16-12/h4-7H,3,8-9,14H2,1-2H3,(H,15,16). The molecule has 0 bridgehead atoms. The minimum absolute atomic E-state index is 0.146. The van der Waals surface area contributed by atoms with Crippen LogP contribution in [-0.2, 0) is 9.09 Å². The Labute approximate surface area is 122 Å². The van der Waals surface area contributed by atoms with Crippen LogP contribution in [0.5, 0.6) is 0 Å². The van der Waals surface area contributed by atoms with E-state index in [1.54, 1.807) is 31.8 Å². The van der Waals surface area contributed by atoms with E-state index in [9.17, 15) is 9.36 Å². The van der Waals surface area contributed by atoms with Crippen LogP contribution in [0.15, 0.2) is 29.1 Å². The van der Waals surface area contributed by atoms with Gasteiger partial charge in [0.25, 0.3) is 0 Å². The van der Waals surface area contributed by atoms with E-state index >= 15 is 0 Å². The lowest BCUT2D eigenvalue weighted by molar-refractivity contribution is 0.338. The Kier molecular flexibility index (Phi) is 4.65. The van der Waals surface area contributed by atoms with Crippen molar-refractivity contribution in [1.29, 1.82) is 0 Å². The highest BCUT2D eigenvalue weighted by Gasteiger charge is 2.15. The zero-order chi connectivity index (χ0) is 15.5. The molecular formula is C13H19N4O3P. The summed E-state index contributed by atoms with van der Waals surface area (Å²) < 4.78 is 18.2. The van der Waals surface area contributed by atoms with Crippen molar-refractivity contribution in [3.63, 3.8) is 0 Å². The highest BCUT2D eigenvalue weighted by atomic mass is 31.2. The Morgan fingerprint density at radius 3 is 2.86 bits per heavy atom. The van der Waals surface area contributed by atoms with Gasteiger partial charge in [0.2, 0.25) is 7.37 Å². The number of fused-ring (bicyclic) bond motifs is 1. The number of nitrogen functional groups attached to an aromatic ring is 1. The molecule has 1 aromatic heterocycles. The maximum atomic E-state index is 12.1. The van der Waals surface area contributed by atoms with Crippen molar-refractivity contribution in [1.82, 2.24) is 9.66 Å². The summed E-state index contributed by atoms with van der Waals surface area (Å²) in [7, 11) is -2.63. The Hall–Kier alpha value is -1.85. The van der Waals surface area contributed by atoms with Gasteiger partial charge in [0.05, 0.1) is 17.6 Å². The molecule has 2 rings (SSSR count). The molecule has 0 aliphatic carbocycles. The molecule has 0 fully saturated rings. The van der Waals surface area contributed by atoms with Crippen LogP contribution in [0.3, 0.4) is 0 Å². The van der Waals surface area contributed by atoms with Gasteiger partial charge in [-0.25, -0.2) is 9.66 Å². The Bertz CT molecular complexity index is 744. The number of nitrogens with zero attached hydrogens (tertiary/aromatic N) is 2. The normalized spacial score (nSPS) is 14.0. The third kappa shape index (κ3) is 3.62. The number of anilines is 1. The second-order valence-corrected chi connectivity index (χ2v) is 7.44. The van der Waals surface area contributed by atoms with Crippen LogP contribution in [0.25, 0.3) is 11.0 Å². The summed E-state index contributed by atoms with van der Waals surface area (Å²) in [6.45, 7) is 4.10. The number of para-hydroxylation sites is 2. The van der Waals surface area contributed by atoms with Crippen LogP contribution in [0.4, 0.5) is 5.82 Å². The van der Waals surface area contributed by atoms with Crippen molar-refractivity contribution in [2.24, 2.45) is 0 Å². The van der Waals surface area contributed by atoms with Crippen molar-refractivity contribution >= 4 is 24.2 Å². The minimum Gasteiger partial charge on any atom is -0.365 e. The fraction of sp³-hybridized carbons (Fsp3) is 0.385. The van der Waals surface area contributed by atoms with E-state index < -0.39 is 12.9 Å². The van der Waals surface area contributed by atoms with Gasteiger partial charge < -0.3 is 15.7 Å². The predicted octanol–water partition coefficient (Wildman–Crippen LogP) is 1.47. The zero-order valence-corrected chi connectivity index (χ0v) is 13.0. The van der Waals surface area contributed by atoms with Crippen LogP contribution in [-0.4, -0.2) is 35.6 Å². The number of nitrogens with two attached hydrogens (primary N) is 1. The van der Waals surface area contributed by atoms with Crippen molar-refractivity contribution in [2.75, 3.05) is 37.1 Å². The molecule has 0 aliphatic heterocycles. The average Bonchev–Trinajstić information content (AvgIpc) is 2.44. The van der Waals surface area contributed by atoms with Crippen molar-refractivity contribution in [2.45, 2.75) is 6.92 Å². The fourth-order valence-electron chi connectivity index (χ4n) is 1.98. The molecule has 1 aromatic carbocycles. The topological polar surface area (TPSA) is 99.2 Å². The number of hydrogen-bond donors (Lipinski definition) is 2. The summed E-state index contributed by atoms with van der Waals surface area (Å²) in [5.41, 5.74) is 0.756. The second kappa shape index (κ2) is 6.28. The van der Waals surface area contributed by atoms with Gasteiger partial charge in [-0.15, -0.1) is 0 Å². The molecule has 0 radical (unpaired) electrons. The summed E-state index contributed by atoms with van der Waals surface area (Å²) in [4.78, 5) is 16.3. The highest BCUT2D eigenvalue weighted by molar-refractivity contribution is 7.58. The first-order valence-corrected chi connectivity index (χ1v) is 8.92. The summed E-state index contributed by atoms with van der Waals surface area (Å²) in [6, 6.07) is 7.10. The van der Waals surface area contributed by atoms with Gasteiger partial charge in [-0.2, -0.15) is 0 Å². The number of aromatic nitrogens is 2. The average molecular weight is 310 g/mol.